The summed E-state index contributed by atoms with van der Waals surface area (Å²) in [6, 6.07) is 21.8. The van der Waals surface area contributed by atoms with Crippen molar-refractivity contribution in [3.63, 3.8) is 0 Å². The lowest BCUT2D eigenvalue weighted by atomic mass is 10.00. The van der Waals surface area contributed by atoms with Gasteiger partial charge in [0, 0.05) is 16.0 Å². The Balaban J connectivity index is 1.45. The molecular formula is C32H35Cl2NO5. The number of hydrogen-bond donors (Lipinski definition) is 1. The van der Waals surface area contributed by atoms with E-state index in [1.54, 1.807) is 13.0 Å². The van der Waals surface area contributed by atoms with Crippen molar-refractivity contribution >= 4 is 35.1 Å². The third kappa shape index (κ3) is 7.78. The summed E-state index contributed by atoms with van der Waals surface area (Å²) in [7, 11) is 0. The fraction of sp³-hybridized carbons (Fsp3) is 0.375. The van der Waals surface area contributed by atoms with Crippen LogP contribution < -0.4 is 10.1 Å². The number of esters is 2. The van der Waals surface area contributed by atoms with Gasteiger partial charge in [-0.3, -0.25) is 14.9 Å². The van der Waals surface area contributed by atoms with Gasteiger partial charge >= 0.3 is 11.9 Å². The largest absolute Gasteiger partial charge is 0.489 e. The van der Waals surface area contributed by atoms with Crippen molar-refractivity contribution in [3.8, 4) is 5.75 Å². The third-order valence-corrected chi connectivity index (χ3v) is 7.29. The Morgan fingerprint density at radius 2 is 1.60 bits per heavy atom. The Morgan fingerprint density at radius 1 is 0.925 bits per heavy atom. The zero-order valence-corrected chi connectivity index (χ0v) is 24.5. The highest BCUT2D eigenvalue weighted by molar-refractivity contribution is 6.34. The first-order valence-electron chi connectivity index (χ1n) is 13.5. The second-order valence-electron chi connectivity index (χ2n) is 10.5. The van der Waals surface area contributed by atoms with Crippen LogP contribution in [0.2, 0.25) is 10.0 Å². The molecule has 0 saturated heterocycles. The number of nitrogens with one attached hydrogen (secondary N) is 1. The number of benzene rings is 3. The van der Waals surface area contributed by atoms with E-state index in [0.29, 0.717) is 35.2 Å². The van der Waals surface area contributed by atoms with E-state index in [-0.39, 0.29) is 37.0 Å². The first-order valence-corrected chi connectivity index (χ1v) is 14.3. The maximum absolute atomic E-state index is 13.2. The number of rotatable bonds is 13. The van der Waals surface area contributed by atoms with Gasteiger partial charge in [-0.15, -0.1) is 0 Å². The maximum Gasteiger partial charge on any atom is 0.327 e. The molecule has 0 aromatic heterocycles. The van der Waals surface area contributed by atoms with E-state index < -0.39 is 11.6 Å². The standard InChI is InChI=1S/C32H35Cl2NO5/c1-4-38-31(37)32(35-29(14-21(2)3)30(36)40-19-22-8-6-5-7-9-22)18-28(32)24-10-12-27(13-11-24)39-20-23-15-25(33)17-26(34)16-23/h5-13,15-17,21,28-29,35H,4,14,18-20H2,1-3H3/t28-,29-,32+/m0/s1. The van der Waals surface area contributed by atoms with E-state index in [1.165, 1.54) is 0 Å². The highest BCUT2D eigenvalue weighted by Crippen LogP contribution is 2.53. The average Bonchev–Trinajstić information content (AvgIpc) is 3.66. The van der Waals surface area contributed by atoms with Crippen molar-refractivity contribution < 1.29 is 23.8 Å². The Kier molecular flexibility index (Phi) is 10.1. The molecule has 3 atom stereocenters. The van der Waals surface area contributed by atoms with E-state index in [9.17, 15) is 9.59 Å². The lowest BCUT2D eigenvalue weighted by Gasteiger charge is -2.26. The lowest BCUT2D eigenvalue weighted by molar-refractivity contribution is -0.151. The molecule has 212 valence electrons. The van der Waals surface area contributed by atoms with Crippen LogP contribution in [0.1, 0.15) is 56.2 Å². The van der Waals surface area contributed by atoms with Crippen LogP contribution in [0.5, 0.6) is 5.75 Å². The highest BCUT2D eigenvalue weighted by Gasteiger charge is 2.63. The van der Waals surface area contributed by atoms with Crippen molar-refractivity contribution in [2.75, 3.05) is 6.61 Å². The topological polar surface area (TPSA) is 73.9 Å². The van der Waals surface area contributed by atoms with Crippen LogP contribution in [-0.2, 0) is 32.3 Å². The Labute approximate surface area is 245 Å². The highest BCUT2D eigenvalue weighted by atomic mass is 35.5. The lowest BCUT2D eigenvalue weighted by Crippen LogP contribution is -2.51. The molecule has 3 aromatic rings. The summed E-state index contributed by atoms with van der Waals surface area (Å²) in [5.41, 5.74) is 1.73. The summed E-state index contributed by atoms with van der Waals surface area (Å²) in [5, 5.41) is 4.48. The van der Waals surface area contributed by atoms with Crippen molar-refractivity contribution in [2.24, 2.45) is 5.92 Å². The van der Waals surface area contributed by atoms with Gasteiger partial charge in [-0.25, -0.2) is 0 Å². The number of halogens is 2. The van der Waals surface area contributed by atoms with Crippen LogP contribution in [0.4, 0.5) is 0 Å². The van der Waals surface area contributed by atoms with Gasteiger partial charge in [-0.05, 0) is 72.7 Å². The second-order valence-corrected chi connectivity index (χ2v) is 11.4. The summed E-state index contributed by atoms with van der Waals surface area (Å²) in [6.07, 6.45) is 1.05. The first-order chi connectivity index (χ1) is 19.2. The van der Waals surface area contributed by atoms with Crippen molar-refractivity contribution in [3.05, 3.63) is 99.5 Å². The molecule has 8 heteroatoms. The Hall–Kier alpha value is -3.06. The van der Waals surface area contributed by atoms with E-state index in [1.807, 2.05) is 80.6 Å². The van der Waals surface area contributed by atoms with Gasteiger partial charge in [-0.2, -0.15) is 0 Å². The molecule has 1 N–H and O–H groups in total. The molecule has 0 amide bonds. The second kappa shape index (κ2) is 13.5. The maximum atomic E-state index is 13.2. The smallest absolute Gasteiger partial charge is 0.327 e. The molecule has 1 aliphatic carbocycles. The molecule has 1 fully saturated rings. The zero-order valence-electron chi connectivity index (χ0n) is 23.0. The minimum atomic E-state index is -0.999. The third-order valence-electron chi connectivity index (χ3n) is 6.86. The minimum absolute atomic E-state index is 0.149. The van der Waals surface area contributed by atoms with Crippen molar-refractivity contribution in [2.45, 2.75) is 64.3 Å². The van der Waals surface area contributed by atoms with Crippen LogP contribution in [0.3, 0.4) is 0 Å². The molecule has 0 aliphatic heterocycles. The van der Waals surface area contributed by atoms with E-state index in [4.69, 9.17) is 37.4 Å². The van der Waals surface area contributed by atoms with Gasteiger partial charge < -0.3 is 14.2 Å². The van der Waals surface area contributed by atoms with Crippen LogP contribution in [0, 0.1) is 5.92 Å². The quantitative estimate of drug-likeness (QED) is 0.216. The molecular weight excluding hydrogens is 549 g/mol. The summed E-state index contributed by atoms with van der Waals surface area (Å²) in [6.45, 7) is 6.60. The van der Waals surface area contributed by atoms with E-state index in [2.05, 4.69) is 5.32 Å². The molecule has 1 aliphatic rings. The van der Waals surface area contributed by atoms with E-state index >= 15 is 0 Å². The summed E-state index contributed by atoms with van der Waals surface area (Å²) in [4.78, 5) is 26.4. The molecule has 0 unspecified atom stereocenters. The first kappa shape index (κ1) is 29.9. The molecule has 40 heavy (non-hydrogen) atoms. The molecule has 0 spiro atoms. The summed E-state index contributed by atoms with van der Waals surface area (Å²) < 4.78 is 17.0. The van der Waals surface area contributed by atoms with Gasteiger partial charge in [0.15, 0.2) is 0 Å². The molecule has 4 rings (SSSR count). The average molecular weight is 585 g/mol. The van der Waals surface area contributed by atoms with Crippen molar-refractivity contribution in [1.29, 1.82) is 0 Å². The number of ether oxygens (including phenoxy) is 3. The molecule has 0 heterocycles. The summed E-state index contributed by atoms with van der Waals surface area (Å²) in [5.74, 6) is 0.00448. The number of carbonyl (C=O) groups is 2. The molecule has 6 nitrogen and oxygen atoms in total. The minimum Gasteiger partial charge on any atom is -0.489 e. The molecule has 3 aromatic carbocycles. The predicted molar refractivity (Wildman–Crippen MR) is 157 cm³/mol. The van der Waals surface area contributed by atoms with Gasteiger partial charge in [0.05, 0.1) is 6.61 Å². The fourth-order valence-corrected chi connectivity index (χ4v) is 5.42. The normalized spacial score (nSPS) is 18.7. The van der Waals surface area contributed by atoms with Crippen LogP contribution in [0.25, 0.3) is 0 Å². The number of hydrogen-bond acceptors (Lipinski definition) is 6. The monoisotopic (exact) mass is 583 g/mol. The molecule has 0 radical (unpaired) electrons. The van der Waals surface area contributed by atoms with E-state index in [0.717, 1.165) is 16.7 Å². The van der Waals surface area contributed by atoms with Crippen molar-refractivity contribution in [1.82, 2.24) is 5.32 Å². The van der Waals surface area contributed by atoms with Crippen LogP contribution in [-0.4, -0.2) is 30.1 Å². The van der Waals surface area contributed by atoms with Gasteiger partial charge in [0.2, 0.25) is 0 Å². The fourth-order valence-electron chi connectivity index (χ4n) is 4.85. The zero-order chi connectivity index (χ0) is 28.7. The SMILES string of the molecule is CCOC(=O)[C@@]1(N[C@@H](CC(C)C)C(=O)OCc2ccccc2)C[C@H]1c1ccc(OCc2cc(Cl)cc(Cl)c2)cc1. The van der Waals surface area contributed by atoms with Gasteiger partial charge in [0.1, 0.15) is 30.5 Å². The Morgan fingerprint density at radius 3 is 2.23 bits per heavy atom. The summed E-state index contributed by atoms with van der Waals surface area (Å²) >= 11 is 12.2. The molecule has 1 saturated carbocycles. The Bertz CT molecular complexity index is 1280. The van der Waals surface area contributed by atoms with Crippen LogP contribution >= 0.6 is 23.2 Å². The number of carbonyl (C=O) groups excluding carboxylic acids is 2. The van der Waals surface area contributed by atoms with Crippen LogP contribution in [0.15, 0.2) is 72.8 Å². The molecule has 0 bridgehead atoms. The predicted octanol–water partition coefficient (Wildman–Crippen LogP) is 7.11. The van der Waals surface area contributed by atoms with Gasteiger partial charge in [0.25, 0.3) is 0 Å². The van der Waals surface area contributed by atoms with Gasteiger partial charge in [-0.1, -0.05) is 79.5 Å².